The van der Waals surface area contributed by atoms with Crippen LogP contribution in [0.5, 0.6) is 0 Å². The average Bonchev–Trinajstić information content (AvgIpc) is 2.82. The molecule has 0 aliphatic rings. The smallest absolute Gasteiger partial charge is 0.208 e. The third kappa shape index (κ3) is 3.34. The van der Waals surface area contributed by atoms with Gasteiger partial charge in [-0.2, -0.15) is 0 Å². The number of hydrogen-bond acceptors (Lipinski definition) is 3. The Hall–Kier alpha value is -0.840. The molecule has 5 heteroatoms. The van der Waals surface area contributed by atoms with Crippen molar-refractivity contribution in [1.29, 1.82) is 0 Å². The Balaban J connectivity index is 2.11. The Labute approximate surface area is 120 Å². The standard InChI is InChI=1S/C13H14BrClN2O/c1-2-5-16-8-13-17-7-12(18-13)9-3-4-10(14)11(15)6-9/h3-4,6-7,16H,2,5,8H2,1H3. The molecule has 18 heavy (non-hydrogen) atoms. The van der Waals surface area contributed by atoms with Gasteiger partial charge in [0.2, 0.25) is 5.89 Å². The lowest BCUT2D eigenvalue weighted by Crippen LogP contribution is -2.13. The molecule has 0 fully saturated rings. The van der Waals surface area contributed by atoms with Gasteiger partial charge >= 0.3 is 0 Å². The van der Waals surface area contributed by atoms with Gasteiger partial charge in [-0.15, -0.1) is 0 Å². The molecule has 0 aliphatic carbocycles. The van der Waals surface area contributed by atoms with Gasteiger partial charge in [0, 0.05) is 10.0 Å². The van der Waals surface area contributed by atoms with Crippen LogP contribution in [0.25, 0.3) is 11.3 Å². The van der Waals surface area contributed by atoms with Gasteiger partial charge in [0.15, 0.2) is 5.76 Å². The van der Waals surface area contributed by atoms with Gasteiger partial charge in [-0.3, -0.25) is 0 Å². The van der Waals surface area contributed by atoms with Crippen LogP contribution < -0.4 is 5.32 Å². The molecule has 3 nitrogen and oxygen atoms in total. The first-order valence-electron chi connectivity index (χ1n) is 5.81. The van der Waals surface area contributed by atoms with Crippen LogP contribution in [0.15, 0.2) is 33.3 Å². The van der Waals surface area contributed by atoms with E-state index in [0.717, 1.165) is 28.8 Å². The van der Waals surface area contributed by atoms with Gasteiger partial charge in [-0.25, -0.2) is 4.98 Å². The number of halogens is 2. The number of hydrogen-bond donors (Lipinski definition) is 1. The number of rotatable bonds is 5. The Morgan fingerprint density at radius 1 is 1.44 bits per heavy atom. The number of aromatic nitrogens is 1. The summed E-state index contributed by atoms with van der Waals surface area (Å²) >= 11 is 9.41. The van der Waals surface area contributed by atoms with Gasteiger partial charge < -0.3 is 9.73 Å². The lowest BCUT2D eigenvalue weighted by molar-refractivity contribution is 0.478. The van der Waals surface area contributed by atoms with Crippen LogP contribution in [0.2, 0.25) is 5.02 Å². The van der Waals surface area contributed by atoms with Crippen LogP contribution in [-0.2, 0) is 6.54 Å². The second-order valence-corrected chi connectivity index (χ2v) is 5.19. The molecule has 2 aromatic rings. The van der Waals surface area contributed by atoms with Crippen molar-refractivity contribution in [3.05, 3.63) is 39.8 Å². The molecule has 1 heterocycles. The molecule has 2 rings (SSSR count). The third-order valence-electron chi connectivity index (χ3n) is 2.46. The quantitative estimate of drug-likeness (QED) is 0.833. The van der Waals surface area contributed by atoms with E-state index < -0.39 is 0 Å². The molecule has 0 bridgehead atoms. The van der Waals surface area contributed by atoms with E-state index in [1.807, 2.05) is 18.2 Å². The Bertz CT molecular complexity index is 527. The summed E-state index contributed by atoms with van der Waals surface area (Å²) in [7, 11) is 0. The Morgan fingerprint density at radius 3 is 3.00 bits per heavy atom. The fourth-order valence-corrected chi connectivity index (χ4v) is 1.97. The fraction of sp³-hybridized carbons (Fsp3) is 0.308. The molecule has 0 atom stereocenters. The van der Waals surface area contributed by atoms with Crippen LogP contribution in [0.4, 0.5) is 0 Å². The predicted molar refractivity (Wildman–Crippen MR) is 76.6 cm³/mol. The highest BCUT2D eigenvalue weighted by molar-refractivity contribution is 9.10. The molecule has 1 aromatic carbocycles. The van der Waals surface area contributed by atoms with Crippen molar-refractivity contribution in [2.45, 2.75) is 19.9 Å². The first-order chi connectivity index (χ1) is 8.70. The fourth-order valence-electron chi connectivity index (χ4n) is 1.55. The van der Waals surface area contributed by atoms with Gasteiger partial charge in [-0.1, -0.05) is 18.5 Å². The van der Waals surface area contributed by atoms with Gasteiger partial charge in [0.25, 0.3) is 0 Å². The molecule has 1 N–H and O–H groups in total. The van der Waals surface area contributed by atoms with E-state index in [9.17, 15) is 0 Å². The van der Waals surface area contributed by atoms with Crippen molar-refractivity contribution >= 4 is 27.5 Å². The summed E-state index contributed by atoms with van der Waals surface area (Å²) < 4.78 is 6.54. The van der Waals surface area contributed by atoms with Crippen molar-refractivity contribution in [3.63, 3.8) is 0 Å². The van der Waals surface area contributed by atoms with E-state index in [1.165, 1.54) is 0 Å². The minimum atomic E-state index is 0.651. The molecular formula is C13H14BrClN2O. The van der Waals surface area contributed by atoms with Gasteiger partial charge in [-0.05, 0) is 47.1 Å². The lowest BCUT2D eigenvalue weighted by Gasteiger charge is -2.00. The van der Waals surface area contributed by atoms with Gasteiger partial charge in [0.05, 0.1) is 17.8 Å². The Kier molecular flexibility index (Phi) is 4.80. The van der Waals surface area contributed by atoms with Crippen molar-refractivity contribution in [3.8, 4) is 11.3 Å². The monoisotopic (exact) mass is 328 g/mol. The summed E-state index contributed by atoms with van der Waals surface area (Å²) in [6.45, 7) is 3.73. The summed E-state index contributed by atoms with van der Waals surface area (Å²) in [6, 6.07) is 5.70. The number of nitrogens with one attached hydrogen (secondary N) is 1. The Morgan fingerprint density at radius 2 is 2.28 bits per heavy atom. The van der Waals surface area contributed by atoms with E-state index in [2.05, 4.69) is 33.2 Å². The van der Waals surface area contributed by atoms with E-state index in [0.29, 0.717) is 17.5 Å². The number of oxazole rings is 1. The third-order valence-corrected chi connectivity index (χ3v) is 3.69. The zero-order valence-corrected chi connectivity index (χ0v) is 12.4. The molecule has 0 saturated carbocycles. The minimum absolute atomic E-state index is 0.651. The van der Waals surface area contributed by atoms with Crippen LogP contribution >= 0.6 is 27.5 Å². The molecule has 0 unspecified atom stereocenters. The zero-order chi connectivity index (χ0) is 13.0. The van der Waals surface area contributed by atoms with E-state index >= 15 is 0 Å². The molecule has 0 amide bonds. The zero-order valence-electron chi connectivity index (χ0n) is 10.0. The first kappa shape index (κ1) is 13.6. The van der Waals surface area contributed by atoms with E-state index in [1.54, 1.807) is 6.20 Å². The summed E-state index contributed by atoms with van der Waals surface area (Å²) in [5.74, 6) is 1.43. The first-order valence-corrected chi connectivity index (χ1v) is 6.98. The highest BCUT2D eigenvalue weighted by atomic mass is 79.9. The minimum Gasteiger partial charge on any atom is -0.439 e. The normalized spacial score (nSPS) is 10.8. The summed E-state index contributed by atoms with van der Waals surface area (Å²) in [5.41, 5.74) is 0.928. The highest BCUT2D eigenvalue weighted by Gasteiger charge is 2.07. The largest absolute Gasteiger partial charge is 0.439 e. The molecule has 0 spiro atoms. The van der Waals surface area contributed by atoms with E-state index in [4.69, 9.17) is 16.0 Å². The maximum Gasteiger partial charge on any atom is 0.208 e. The van der Waals surface area contributed by atoms with Gasteiger partial charge in [0.1, 0.15) is 0 Å². The predicted octanol–water partition coefficient (Wildman–Crippen LogP) is 4.26. The maximum atomic E-state index is 6.05. The van der Waals surface area contributed by atoms with Crippen molar-refractivity contribution in [2.75, 3.05) is 6.54 Å². The van der Waals surface area contributed by atoms with Crippen LogP contribution in [-0.4, -0.2) is 11.5 Å². The van der Waals surface area contributed by atoms with E-state index in [-0.39, 0.29) is 0 Å². The van der Waals surface area contributed by atoms with Crippen molar-refractivity contribution < 1.29 is 4.42 Å². The topological polar surface area (TPSA) is 38.1 Å². The van der Waals surface area contributed by atoms with Crippen LogP contribution in [0, 0.1) is 0 Å². The molecular weight excluding hydrogens is 316 g/mol. The molecule has 96 valence electrons. The molecule has 1 aromatic heterocycles. The van der Waals surface area contributed by atoms with Crippen LogP contribution in [0.1, 0.15) is 19.2 Å². The molecule has 0 saturated heterocycles. The summed E-state index contributed by atoms with van der Waals surface area (Å²) in [5, 5.41) is 3.91. The second-order valence-electron chi connectivity index (χ2n) is 3.92. The van der Waals surface area contributed by atoms with Crippen LogP contribution in [0.3, 0.4) is 0 Å². The average molecular weight is 330 g/mol. The van der Waals surface area contributed by atoms with Crippen molar-refractivity contribution in [2.24, 2.45) is 0 Å². The maximum absolute atomic E-state index is 6.05. The number of benzene rings is 1. The SMILES string of the molecule is CCCNCc1ncc(-c2ccc(Br)c(Cl)c2)o1. The molecule has 0 radical (unpaired) electrons. The summed E-state index contributed by atoms with van der Waals surface area (Å²) in [4.78, 5) is 4.23. The highest BCUT2D eigenvalue weighted by Crippen LogP contribution is 2.29. The second kappa shape index (κ2) is 6.36. The lowest BCUT2D eigenvalue weighted by atomic mass is 10.2. The number of nitrogens with zero attached hydrogens (tertiary/aromatic N) is 1. The summed E-state index contributed by atoms with van der Waals surface area (Å²) in [6.07, 6.45) is 2.82. The molecule has 0 aliphatic heterocycles. The van der Waals surface area contributed by atoms with Crippen molar-refractivity contribution in [1.82, 2.24) is 10.3 Å².